The third-order valence-corrected chi connectivity index (χ3v) is 3.93. The number of nitrogens with zero attached hydrogens (tertiary/aromatic N) is 2. The van der Waals surface area contributed by atoms with Crippen molar-refractivity contribution in [3.8, 4) is 11.4 Å². The lowest BCUT2D eigenvalue weighted by molar-refractivity contribution is -0.136. The molecule has 0 unspecified atom stereocenters. The van der Waals surface area contributed by atoms with Crippen LogP contribution in [0.1, 0.15) is 17.5 Å². The molecule has 1 aromatic carbocycles. The van der Waals surface area contributed by atoms with Gasteiger partial charge < -0.3 is 10.4 Å². The molecule has 0 fully saturated rings. The van der Waals surface area contributed by atoms with Crippen molar-refractivity contribution in [2.24, 2.45) is 0 Å². The molecule has 3 rings (SSSR count). The van der Waals surface area contributed by atoms with Crippen LogP contribution in [0.25, 0.3) is 11.4 Å². The van der Waals surface area contributed by atoms with E-state index in [9.17, 15) is 4.79 Å². The van der Waals surface area contributed by atoms with Crippen LogP contribution in [0, 0.1) is 0 Å². The Morgan fingerprint density at radius 2 is 1.80 bits per heavy atom. The van der Waals surface area contributed by atoms with Gasteiger partial charge in [0, 0.05) is 19.2 Å². The van der Waals surface area contributed by atoms with Crippen molar-refractivity contribution in [2.75, 3.05) is 11.9 Å². The number of carbonyl (C=O) groups is 1. The number of rotatable bonds is 8. The summed E-state index contributed by atoms with van der Waals surface area (Å²) < 4.78 is 0. The summed E-state index contributed by atoms with van der Waals surface area (Å²) in [5.41, 5.74) is 5.00. The first-order valence-corrected chi connectivity index (χ1v) is 8.20. The fourth-order valence-corrected chi connectivity index (χ4v) is 2.53. The minimum atomic E-state index is -0.763. The van der Waals surface area contributed by atoms with Crippen LogP contribution in [-0.2, 0) is 17.6 Å². The van der Waals surface area contributed by atoms with Crippen LogP contribution in [0.4, 0.5) is 5.69 Å². The van der Waals surface area contributed by atoms with Gasteiger partial charge in [-0.25, -0.2) is 0 Å². The minimum Gasteiger partial charge on any atom is -0.481 e. The Kier molecular flexibility index (Phi) is 5.41. The van der Waals surface area contributed by atoms with E-state index in [1.54, 1.807) is 6.20 Å². The van der Waals surface area contributed by atoms with E-state index in [1.165, 1.54) is 5.56 Å². The lowest BCUT2D eigenvalue weighted by atomic mass is 10.1. The molecule has 0 saturated heterocycles. The molecule has 0 aliphatic rings. The monoisotopic (exact) mass is 336 g/mol. The maximum absolute atomic E-state index is 10.6. The van der Waals surface area contributed by atoms with Gasteiger partial charge >= 0.3 is 5.97 Å². The number of anilines is 1. The molecule has 0 radical (unpaired) electrons. The van der Waals surface area contributed by atoms with E-state index < -0.39 is 5.97 Å². The normalized spacial score (nSPS) is 10.6. The van der Waals surface area contributed by atoms with Crippen LogP contribution in [0.5, 0.6) is 0 Å². The van der Waals surface area contributed by atoms with Gasteiger partial charge in [-0.1, -0.05) is 24.3 Å². The summed E-state index contributed by atoms with van der Waals surface area (Å²) in [5, 5.41) is 18.9. The van der Waals surface area contributed by atoms with Crippen molar-refractivity contribution in [3.05, 3.63) is 66.0 Å². The van der Waals surface area contributed by atoms with Crippen LogP contribution in [0.2, 0.25) is 0 Å². The van der Waals surface area contributed by atoms with Gasteiger partial charge in [0.1, 0.15) is 0 Å². The Hall–Kier alpha value is -3.15. The summed E-state index contributed by atoms with van der Waals surface area (Å²) >= 11 is 0. The first kappa shape index (κ1) is 16.7. The van der Waals surface area contributed by atoms with Gasteiger partial charge in [-0.2, -0.15) is 5.10 Å². The third kappa shape index (κ3) is 4.91. The minimum absolute atomic E-state index is 0.169. The van der Waals surface area contributed by atoms with Gasteiger partial charge in [-0.3, -0.25) is 14.9 Å². The second-order valence-electron chi connectivity index (χ2n) is 5.79. The summed E-state index contributed by atoms with van der Waals surface area (Å²) in [7, 11) is 0. The maximum Gasteiger partial charge on any atom is 0.303 e. The number of aromatic nitrogens is 3. The van der Waals surface area contributed by atoms with E-state index in [0.29, 0.717) is 6.42 Å². The van der Waals surface area contributed by atoms with Gasteiger partial charge in [0.2, 0.25) is 0 Å². The highest BCUT2D eigenvalue weighted by atomic mass is 16.4. The van der Waals surface area contributed by atoms with Crippen LogP contribution in [-0.4, -0.2) is 32.8 Å². The smallest absolute Gasteiger partial charge is 0.303 e. The molecule has 2 aromatic heterocycles. The highest BCUT2D eigenvalue weighted by Crippen LogP contribution is 2.15. The molecule has 3 N–H and O–H groups in total. The first-order chi connectivity index (χ1) is 12.2. The van der Waals surface area contributed by atoms with Gasteiger partial charge in [0.05, 0.1) is 23.3 Å². The van der Waals surface area contributed by atoms with E-state index in [0.717, 1.165) is 35.6 Å². The first-order valence-electron chi connectivity index (χ1n) is 8.20. The molecule has 0 bridgehead atoms. The van der Waals surface area contributed by atoms with Crippen molar-refractivity contribution >= 4 is 11.7 Å². The van der Waals surface area contributed by atoms with Gasteiger partial charge in [0.15, 0.2) is 0 Å². The molecule has 6 heteroatoms. The molecule has 0 aliphatic heterocycles. The van der Waals surface area contributed by atoms with E-state index in [4.69, 9.17) is 5.11 Å². The zero-order chi connectivity index (χ0) is 17.5. The Morgan fingerprint density at radius 1 is 1.04 bits per heavy atom. The molecule has 6 nitrogen and oxygen atoms in total. The standard InChI is InChI=1S/C19H20N4O2/c24-19(25)8-5-14-1-3-15(4-2-14)9-11-20-16-6-7-17(21-13-16)18-10-12-22-23-18/h1-4,6-7,10,12-13,20H,5,8-9,11H2,(H,22,23)(H,24,25). The van der Waals surface area contributed by atoms with Crippen molar-refractivity contribution in [3.63, 3.8) is 0 Å². The molecular weight excluding hydrogens is 316 g/mol. The second kappa shape index (κ2) is 8.10. The molecule has 128 valence electrons. The lowest BCUT2D eigenvalue weighted by Crippen LogP contribution is -2.05. The number of benzene rings is 1. The summed E-state index contributed by atoms with van der Waals surface area (Å²) in [6.45, 7) is 0.805. The maximum atomic E-state index is 10.6. The molecule has 25 heavy (non-hydrogen) atoms. The second-order valence-corrected chi connectivity index (χ2v) is 5.79. The number of nitrogens with one attached hydrogen (secondary N) is 2. The van der Waals surface area contributed by atoms with E-state index in [-0.39, 0.29) is 6.42 Å². The number of aliphatic carboxylic acids is 1. The van der Waals surface area contributed by atoms with Crippen LogP contribution >= 0.6 is 0 Å². The molecular formula is C19H20N4O2. The molecule has 3 aromatic rings. The van der Waals surface area contributed by atoms with Gasteiger partial charge in [-0.15, -0.1) is 0 Å². The zero-order valence-electron chi connectivity index (χ0n) is 13.8. The highest BCUT2D eigenvalue weighted by Gasteiger charge is 2.02. The van der Waals surface area contributed by atoms with E-state index >= 15 is 0 Å². The number of hydrogen-bond acceptors (Lipinski definition) is 4. The lowest BCUT2D eigenvalue weighted by Gasteiger charge is -2.07. The number of aromatic amines is 1. The Balaban J connectivity index is 1.47. The zero-order valence-corrected chi connectivity index (χ0v) is 13.8. The fourth-order valence-electron chi connectivity index (χ4n) is 2.53. The molecule has 2 heterocycles. The Labute approximate surface area is 145 Å². The summed E-state index contributed by atoms with van der Waals surface area (Å²) in [4.78, 5) is 15.0. The summed E-state index contributed by atoms with van der Waals surface area (Å²) in [5.74, 6) is -0.763. The number of carboxylic acids is 1. The number of hydrogen-bond donors (Lipinski definition) is 3. The predicted molar refractivity (Wildman–Crippen MR) is 96.4 cm³/mol. The number of aryl methyl sites for hydroxylation is 1. The van der Waals surface area contributed by atoms with Gasteiger partial charge in [-0.05, 0) is 42.2 Å². The largest absolute Gasteiger partial charge is 0.481 e. The van der Waals surface area contributed by atoms with Crippen molar-refractivity contribution in [1.29, 1.82) is 0 Å². The number of H-pyrrole nitrogens is 1. The molecule has 0 amide bonds. The van der Waals surface area contributed by atoms with E-state index in [1.807, 2.05) is 36.5 Å². The molecule has 0 atom stereocenters. The number of carboxylic acid groups (broad SMARTS) is 1. The van der Waals surface area contributed by atoms with Crippen molar-refractivity contribution in [1.82, 2.24) is 15.2 Å². The van der Waals surface area contributed by atoms with Gasteiger partial charge in [0.25, 0.3) is 0 Å². The van der Waals surface area contributed by atoms with Crippen LogP contribution in [0.15, 0.2) is 54.9 Å². The Morgan fingerprint density at radius 3 is 2.40 bits per heavy atom. The predicted octanol–water partition coefficient (Wildman–Crippen LogP) is 3.14. The average molecular weight is 336 g/mol. The summed E-state index contributed by atoms with van der Waals surface area (Å²) in [6.07, 6.45) is 5.15. The van der Waals surface area contributed by atoms with Crippen molar-refractivity contribution < 1.29 is 9.90 Å². The fraction of sp³-hybridized carbons (Fsp3) is 0.211. The molecule has 0 saturated carbocycles. The average Bonchev–Trinajstić information content (AvgIpc) is 3.16. The third-order valence-electron chi connectivity index (χ3n) is 3.93. The SMILES string of the molecule is O=C(O)CCc1ccc(CCNc2ccc(-c3ccn[nH]3)nc2)cc1. The van der Waals surface area contributed by atoms with Crippen LogP contribution in [0.3, 0.4) is 0 Å². The highest BCUT2D eigenvalue weighted by molar-refractivity contribution is 5.67. The molecule has 0 aliphatic carbocycles. The molecule has 0 spiro atoms. The summed E-state index contributed by atoms with van der Waals surface area (Å²) in [6, 6.07) is 13.9. The quantitative estimate of drug-likeness (QED) is 0.588. The Bertz CT molecular complexity index is 796. The van der Waals surface area contributed by atoms with Crippen molar-refractivity contribution in [2.45, 2.75) is 19.3 Å². The van der Waals surface area contributed by atoms with E-state index in [2.05, 4.69) is 32.6 Å². The topological polar surface area (TPSA) is 90.9 Å². The number of pyridine rings is 1. The van der Waals surface area contributed by atoms with Crippen LogP contribution < -0.4 is 5.32 Å².